The topological polar surface area (TPSA) is 56.2 Å². The quantitative estimate of drug-likeness (QED) is 0.564. The second kappa shape index (κ2) is 7.16. The molecule has 1 aromatic rings. The van der Waals surface area contributed by atoms with Crippen LogP contribution in [-0.2, 0) is 16.1 Å². The highest BCUT2D eigenvalue weighted by atomic mass is 16.5. The number of nitrogens with one attached hydrogen (secondary N) is 1. The van der Waals surface area contributed by atoms with Crippen LogP contribution in [0.5, 0.6) is 0 Å². The Bertz CT molecular complexity index is 351. The van der Waals surface area contributed by atoms with Crippen LogP contribution in [0.25, 0.3) is 0 Å². The number of hydrogen-bond acceptors (Lipinski definition) is 4. The van der Waals surface area contributed by atoms with Crippen molar-refractivity contribution >= 4 is 5.97 Å². The Morgan fingerprint density at radius 2 is 2.28 bits per heavy atom. The fraction of sp³-hybridized carbons (Fsp3) is 0.692. The van der Waals surface area contributed by atoms with Gasteiger partial charge in [0.1, 0.15) is 5.54 Å². The Balaban J connectivity index is 2.32. The third-order valence-electron chi connectivity index (χ3n) is 3.18. The molecule has 0 aromatic carbocycles. The maximum absolute atomic E-state index is 11.8. The van der Waals surface area contributed by atoms with Crippen LogP contribution in [0.1, 0.15) is 33.1 Å². The SMILES string of the molecule is CCOC(=O)C(C)(CCCCn1ccnc1)NC. The number of ether oxygens (including phenoxy) is 1. The molecule has 0 aliphatic rings. The van der Waals surface area contributed by atoms with E-state index in [0.29, 0.717) is 6.61 Å². The molecule has 1 unspecified atom stereocenters. The van der Waals surface area contributed by atoms with Gasteiger partial charge in [0.15, 0.2) is 0 Å². The van der Waals surface area contributed by atoms with Crippen molar-refractivity contribution < 1.29 is 9.53 Å². The number of carbonyl (C=O) groups excluding carboxylic acids is 1. The summed E-state index contributed by atoms with van der Waals surface area (Å²) in [4.78, 5) is 15.8. The van der Waals surface area contributed by atoms with Crippen LogP contribution in [0, 0.1) is 0 Å². The monoisotopic (exact) mass is 253 g/mol. The maximum Gasteiger partial charge on any atom is 0.326 e. The molecule has 1 atom stereocenters. The fourth-order valence-electron chi connectivity index (χ4n) is 1.81. The van der Waals surface area contributed by atoms with E-state index in [1.165, 1.54) is 0 Å². The van der Waals surface area contributed by atoms with Gasteiger partial charge in [0.2, 0.25) is 0 Å². The standard InChI is InChI=1S/C13H23N3O2/c1-4-18-12(17)13(2,14-3)7-5-6-9-16-10-8-15-11-16/h8,10-11,14H,4-7,9H2,1-3H3. The van der Waals surface area contributed by atoms with Gasteiger partial charge in [0.05, 0.1) is 12.9 Å². The lowest BCUT2D eigenvalue weighted by Gasteiger charge is -2.26. The van der Waals surface area contributed by atoms with Crippen LogP contribution < -0.4 is 5.32 Å². The van der Waals surface area contributed by atoms with Gasteiger partial charge in [-0.15, -0.1) is 0 Å². The second-order valence-electron chi connectivity index (χ2n) is 4.56. The minimum absolute atomic E-state index is 0.171. The highest BCUT2D eigenvalue weighted by Gasteiger charge is 2.32. The Hall–Kier alpha value is -1.36. The van der Waals surface area contributed by atoms with Gasteiger partial charge in [0.25, 0.3) is 0 Å². The van der Waals surface area contributed by atoms with E-state index in [1.807, 2.05) is 30.9 Å². The molecule has 1 aromatic heterocycles. The number of carbonyl (C=O) groups is 1. The van der Waals surface area contributed by atoms with E-state index in [0.717, 1.165) is 25.8 Å². The molecule has 5 nitrogen and oxygen atoms in total. The lowest BCUT2D eigenvalue weighted by Crippen LogP contribution is -2.48. The van der Waals surface area contributed by atoms with E-state index < -0.39 is 5.54 Å². The van der Waals surface area contributed by atoms with Gasteiger partial charge in [-0.05, 0) is 40.2 Å². The fourth-order valence-corrected chi connectivity index (χ4v) is 1.81. The molecule has 1 rings (SSSR count). The van der Waals surface area contributed by atoms with Crippen LogP contribution in [0.2, 0.25) is 0 Å². The molecule has 0 saturated heterocycles. The smallest absolute Gasteiger partial charge is 0.326 e. The van der Waals surface area contributed by atoms with Crippen LogP contribution in [0.4, 0.5) is 0 Å². The van der Waals surface area contributed by atoms with Crippen molar-refractivity contribution in [2.75, 3.05) is 13.7 Å². The maximum atomic E-state index is 11.8. The second-order valence-corrected chi connectivity index (χ2v) is 4.56. The van der Waals surface area contributed by atoms with Gasteiger partial charge >= 0.3 is 5.97 Å². The largest absolute Gasteiger partial charge is 0.465 e. The molecule has 1 heterocycles. The number of likely N-dealkylation sites (N-methyl/N-ethyl adjacent to an activating group) is 1. The molecule has 0 aliphatic heterocycles. The molecule has 102 valence electrons. The van der Waals surface area contributed by atoms with Gasteiger partial charge < -0.3 is 14.6 Å². The summed E-state index contributed by atoms with van der Waals surface area (Å²) in [5.74, 6) is -0.171. The Morgan fingerprint density at radius 1 is 1.50 bits per heavy atom. The van der Waals surface area contributed by atoms with Crippen molar-refractivity contribution in [3.05, 3.63) is 18.7 Å². The first-order valence-corrected chi connectivity index (χ1v) is 6.44. The molecule has 0 amide bonds. The molecule has 0 aliphatic carbocycles. The van der Waals surface area contributed by atoms with Crippen molar-refractivity contribution in [1.82, 2.24) is 14.9 Å². The van der Waals surface area contributed by atoms with E-state index in [9.17, 15) is 4.79 Å². The van der Waals surface area contributed by atoms with Crippen LogP contribution in [-0.4, -0.2) is 34.7 Å². The Labute approximate surface area is 109 Å². The minimum atomic E-state index is -0.578. The summed E-state index contributed by atoms with van der Waals surface area (Å²) >= 11 is 0. The minimum Gasteiger partial charge on any atom is -0.465 e. The first kappa shape index (κ1) is 14.7. The number of aryl methyl sites for hydroxylation is 1. The molecule has 1 N–H and O–H groups in total. The van der Waals surface area contributed by atoms with Gasteiger partial charge in [-0.3, -0.25) is 4.79 Å². The van der Waals surface area contributed by atoms with E-state index in [2.05, 4.69) is 10.3 Å². The average molecular weight is 253 g/mol. The molecular formula is C13H23N3O2. The first-order chi connectivity index (χ1) is 8.62. The molecule has 0 fully saturated rings. The summed E-state index contributed by atoms with van der Waals surface area (Å²) in [6.45, 7) is 5.07. The Morgan fingerprint density at radius 3 is 2.83 bits per heavy atom. The number of aromatic nitrogens is 2. The van der Waals surface area contributed by atoms with Crippen molar-refractivity contribution in [3.8, 4) is 0 Å². The molecule has 5 heteroatoms. The number of unbranched alkanes of at least 4 members (excludes halogenated alkanes) is 1. The molecule has 0 spiro atoms. The summed E-state index contributed by atoms with van der Waals surface area (Å²) in [6, 6.07) is 0. The zero-order valence-corrected chi connectivity index (χ0v) is 11.5. The summed E-state index contributed by atoms with van der Waals surface area (Å²) in [5.41, 5.74) is -0.578. The zero-order chi connectivity index (χ0) is 13.4. The van der Waals surface area contributed by atoms with E-state index in [1.54, 1.807) is 13.2 Å². The van der Waals surface area contributed by atoms with Crippen LogP contribution >= 0.6 is 0 Å². The molecule has 0 radical (unpaired) electrons. The van der Waals surface area contributed by atoms with Crippen molar-refractivity contribution in [2.45, 2.75) is 45.2 Å². The van der Waals surface area contributed by atoms with Gasteiger partial charge in [0, 0.05) is 18.9 Å². The molecule has 0 saturated carbocycles. The molecule has 0 bridgehead atoms. The Kier molecular flexibility index (Phi) is 5.85. The van der Waals surface area contributed by atoms with E-state index in [4.69, 9.17) is 4.74 Å². The summed E-state index contributed by atoms with van der Waals surface area (Å²) in [6.07, 6.45) is 8.29. The van der Waals surface area contributed by atoms with Crippen molar-refractivity contribution in [2.24, 2.45) is 0 Å². The highest BCUT2D eigenvalue weighted by molar-refractivity contribution is 5.80. The van der Waals surface area contributed by atoms with Crippen LogP contribution in [0.3, 0.4) is 0 Å². The van der Waals surface area contributed by atoms with E-state index >= 15 is 0 Å². The van der Waals surface area contributed by atoms with Gasteiger partial charge in [-0.25, -0.2) is 4.98 Å². The normalized spacial score (nSPS) is 14.2. The zero-order valence-electron chi connectivity index (χ0n) is 11.5. The average Bonchev–Trinajstić information content (AvgIpc) is 2.87. The van der Waals surface area contributed by atoms with Crippen LogP contribution in [0.15, 0.2) is 18.7 Å². The molecular weight excluding hydrogens is 230 g/mol. The van der Waals surface area contributed by atoms with Gasteiger partial charge in [-0.1, -0.05) is 0 Å². The van der Waals surface area contributed by atoms with E-state index in [-0.39, 0.29) is 5.97 Å². The lowest BCUT2D eigenvalue weighted by atomic mass is 9.95. The predicted molar refractivity (Wildman–Crippen MR) is 70.2 cm³/mol. The summed E-state index contributed by atoms with van der Waals surface area (Å²) < 4.78 is 7.13. The number of nitrogens with zero attached hydrogens (tertiary/aromatic N) is 2. The predicted octanol–water partition coefficient (Wildman–Crippen LogP) is 1.59. The summed E-state index contributed by atoms with van der Waals surface area (Å²) in [5, 5.41) is 3.06. The number of esters is 1. The van der Waals surface area contributed by atoms with Gasteiger partial charge in [-0.2, -0.15) is 0 Å². The first-order valence-electron chi connectivity index (χ1n) is 6.44. The highest BCUT2D eigenvalue weighted by Crippen LogP contribution is 2.16. The lowest BCUT2D eigenvalue weighted by molar-refractivity contribution is -0.150. The molecule has 18 heavy (non-hydrogen) atoms. The number of hydrogen-bond donors (Lipinski definition) is 1. The van der Waals surface area contributed by atoms with Crippen molar-refractivity contribution in [3.63, 3.8) is 0 Å². The third kappa shape index (κ3) is 4.14. The number of rotatable bonds is 8. The number of imidazole rings is 1. The third-order valence-corrected chi connectivity index (χ3v) is 3.18. The summed E-state index contributed by atoms with van der Waals surface area (Å²) in [7, 11) is 1.80. The van der Waals surface area contributed by atoms with Crippen molar-refractivity contribution in [1.29, 1.82) is 0 Å².